The van der Waals surface area contributed by atoms with Crippen molar-refractivity contribution in [1.29, 1.82) is 0 Å². The Morgan fingerprint density at radius 3 is 2.30 bits per heavy atom. The van der Waals surface area contributed by atoms with E-state index in [1.54, 1.807) is 54.6 Å². The van der Waals surface area contributed by atoms with Gasteiger partial charge in [0.1, 0.15) is 0 Å². The summed E-state index contributed by atoms with van der Waals surface area (Å²) in [6.07, 6.45) is 2.90. The summed E-state index contributed by atoms with van der Waals surface area (Å²) < 4.78 is 26.7. The van der Waals surface area contributed by atoms with Gasteiger partial charge in [0.2, 0.25) is 10.0 Å². The summed E-state index contributed by atoms with van der Waals surface area (Å²) in [6, 6.07) is 11.9. The molecule has 1 aliphatic rings. The van der Waals surface area contributed by atoms with E-state index in [9.17, 15) is 18.3 Å². The van der Waals surface area contributed by atoms with Crippen LogP contribution in [0.5, 0.6) is 0 Å². The Balaban J connectivity index is 2.21. The van der Waals surface area contributed by atoms with Crippen molar-refractivity contribution in [3.05, 3.63) is 81.4 Å². The van der Waals surface area contributed by atoms with E-state index in [0.717, 1.165) is 11.8 Å². The number of hydrogen-bond donors (Lipinski definition) is 1. The molecule has 0 bridgehead atoms. The van der Waals surface area contributed by atoms with Gasteiger partial charge in [-0.05, 0) is 41.8 Å². The first-order valence-corrected chi connectivity index (χ1v) is 10.7. The van der Waals surface area contributed by atoms with Crippen LogP contribution in [0, 0.1) is 0 Å². The molecule has 1 heterocycles. The van der Waals surface area contributed by atoms with Crippen LogP contribution in [0.3, 0.4) is 0 Å². The second kappa shape index (κ2) is 7.64. The van der Waals surface area contributed by atoms with Gasteiger partial charge < -0.3 is 5.11 Å². The molecule has 0 fully saturated rings. The number of carbonyl (C=O) groups is 1. The van der Waals surface area contributed by atoms with Gasteiger partial charge >= 0.3 is 5.97 Å². The molecule has 2 aromatic rings. The van der Waals surface area contributed by atoms with Gasteiger partial charge in [-0.3, -0.25) is 0 Å². The Hall–Kier alpha value is -1.86. The Morgan fingerprint density at radius 2 is 1.74 bits per heavy atom. The molecular formula is C19H17Cl2NO4S. The predicted octanol–water partition coefficient (Wildman–Crippen LogP) is 4.45. The van der Waals surface area contributed by atoms with Crippen LogP contribution >= 0.6 is 23.2 Å². The highest BCUT2D eigenvalue weighted by Crippen LogP contribution is 2.44. The van der Waals surface area contributed by atoms with Crippen molar-refractivity contribution < 1.29 is 18.3 Å². The van der Waals surface area contributed by atoms with Crippen LogP contribution in [-0.4, -0.2) is 30.1 Å². The lowest BCUT2D eigenvalue weighted by Crippen LogP contribution is -2.41. The molecule has 2 aromatic carbocycles. The first-order chi connectivity index (χ1) is 12.7. The number of carboxylic acid groups (broad SMARTS) is 1. The van der Waals surface area contributed by atoms with Crippen molar-refractivity contribution >= 4 is 39.2 Å². The van der Waals surface area contributed by atoms with Crippen molar-refractivity contribution in [3.63, 3.8) is 0 Å². The quantitative estimate of drug-likeness (QED) is 0.784. The van der Waals surface area contributed by atoms with Crippen molar-refractivity contribution in [2.75, 3.05) is 6.26 Å². The molecule has 1 aliphatic heterocycles. The maximum absolute atomic E-state index is 12.7. The van der Waals surface area contributed by atoms with Gasteiger partial charge in [-0.1, -0.05) is 53.5 Å². The third-order valence-electron chi connectivity index (χ3n) is 4.47. The van der Waals surface area contributed by atoms with Crippen molar-refractivity contribution in [3.8, 4) is 0 Å². The topological polar surface area (TPSA) is 74.7 Å². The third kappa shape index (κ3) is 4.19. The summed E-state index contributed by atoms with van der Waals surface area (Å²) in [6.45, 7) is 0. The molecule has 0 radical (unpaired) electrons. The number of rotatable bonds is 4. The summed E-state index contributed by atoms with van der Waals surface area (Å²) in [5.74, 6) is -1.16. The van der Waals surface area contributed by atoms with E-state index in [1.807, 2.05) is 0 Å². The van der Waals surface area contributed by atoms with E-state index in [1.165, 1.54) is 4.31 Å². The van der Waals surface area contributed by atoms with Crippen molar-refractivity contribution in [2.45, 2.75) is 18.5 Å². The fourth-order valence-corrected chi connectivity index (χ4v) is 4.98. The van der Waals surface area contributed by atoms with Gasteiger partial charge in [0.05, 0.1) is 23.9 Å². The van der Waals surface area contributed by atoms with Crippen LogP contribution < -0.4 is 0 Å². The average Bonchev–Trinajstić information content (AvgIpc) is 2.60. The highest BCUT2D eigenvalue weighted by atomic mass is 35.5. The highest BCUT2D eigenvalue weighted by Gasteiger charge is 2.42. The molecule has 0 saturated carbocycles. The minimum atomic E-state index is -3.76. The smallest absolute Gasteiger partial charge is 0.333 e. The van der Waals surface area contributed by atoms with Crippen LogP contribution in [0.25, 0.3) is 0 Å². The largest absolute Gasteiger partial charge is 0.478 e. The van der Waals surface area contributed by atoms with Crippen molar-refractivity contribution in [2.24, 2.45) is 0 Å². The summed E-state index contributed by atoms with van der Waals surface area (Å²) in [5, 5.41) is 10.6. The second-order valence-corrected chi connectivity index (χ2v) is 9.08. The molecule has 0 unspecified atom stereocenters. The van der Waals surface area contributed by atoms with Gasteiger partial charge in [0.15, 0.2) is 0 Å². The number of halogens is 2. The Morgan fingerprint density at radius 1 is 1.07 bits per heavy atom. The van der Waals surface area contributed by atoms with Gasteiger partial charge in [0.25, 0.3) is 0 Å². The zero-order valence-electron chi connectivity index (χ0n) is 14.3. The maximum atomic E-state index is 12.7. The second-order valence-electron chi connectivity index (χ2n) is 6.32. The fourth-order valence-electron chi connectivity index (χ4n) is 3.37. The zero-order valence-corrected chi connectivity index (χ0v) is 16.7. The minimum Gasteiger partial charge on any atom is -0.478 e. The molecule has 27 heavy (non-hydrogen) atoms. The molecule has 0 amide bonds. The molecule has 2 atom stereocenters. The highest BCUT2D eigenvalue weighted by molar-refractivity contribution is 7.88. The first-order valence-electron chi connectivity index (χ1n) is 8.11. The molecule has 5 nitrogen and oxygen atoms in total. The molecule has 1 N–H and O–H groups in total. The molecule has 0 spiro atoms. The number of aliphatic carboxylic acids is 1. The number of sulfonamides is 1. The fraction of sp³-hybridized carbons (Fsp3) is 0.211. The molecule has 0 aromatic heterocycles. The van der Waals surface area contributed by atoms with Crippen LogP contribution in [0.4, 0.5) is 0 Å². The number of nitrogens with zero attached hydrogens (tertiary/aromatic N) is 1. The van der Waals surface area contributed by atoms with E-state index in [4.69, 9.17) is 23.2 Å². The van der Waals surface area contributed by atoms with Crippen LogP contribution in [0.1, 0.15) is 29.6 Å². The van der Waals surface area contributed by atoms with Gasteiger partial charge in [-0.15, -0.1) is 0 Å². The van der Waals surface area contributed by atoms with Crippen molar-refractivity contribution in [1.82, 2.24) is 4.31 Å². The summed E-state index contributed by atoms with van der Waals surface area (Å²) in [4.78, 5) is 11.8. The summed E-state index contributed by atoms with van der Waals surface area (Å²) in [5.41, 5.74) is 1.24. The number of carboxylic acids is 1. The molecule has 0 aliphatic carbocycles. The van der Waals surface area contributed by atoms with Crippen LogP contribution in [0.2, 0.25) is 10.0 Å². The molecular weight excluding hydrogens is 409 g/mol. The Bertz CT molecular complexity index is 1000. The standard InChI is InChI=1S/C19H17Cl2NO4S/c1-27(25,26)22-17(12-5-7-14(20)8-6-12)10-9-16(19(23)24)18(22)13-3-2-4-15(21)11-13/h2-9,11,17-18H,10H2,1H3,(H,23,24)/t17-,18-/m0/s1. The minimum absolute atomic E-state index is 0.00732. The van der Waals surface area contributed by atoms with Crippen LogP contribution in [0.15, 0.2) is 60.2 Å². The van der Waals surface area contributed by atoms with Gasteiger partial charge in [-0.25, -0.2) is 13.2 Å². The molecule has 142 valence electrons. The lowest BCUT2D eigenvalue weighted by molar-refractivity contribution is -0.133. The molecule has 8 heteroatoms. The lowest BCUT2D eigenvalue weighted by atomic mass is 9.89. The third-order valence-corrected chi connectivity index (χ3v) is 6.18. The Kier molecular flexibility index (Phi) is 5.63. The van der Waals surface area contributed by atoms with Gasteiger partial charge in [0, 0.05) is 10.0 Å². The number of hydrogen-bond acceptors (Lipinski definition) is 3. The Labute approximate surface area is 167 Å². The monoisotopic (exact) mass is 425 g/mol. The van der Waals surface area contributed by atoms with Crippen LogP contribution in [-0.2, 0) is 14.8 Å². The average molecular weight is 426 g/mol. The van der Waals surface area contributed by atoms with E-state index in [2.05, 4.69) is 0 Å². The summed E-state index contributed by atoms with van der Waals surface area (Å²) >= 11 is 12.0. The SMILES string of the molecule is CS(=O)(=O)N1[C@@H](c2cccc(Cl)c2)C(C(=O)O)=CC[C@H]1c1ccc(Cl)cc1. The number of benzene rings is 2. The normalized spacial score (nSPS) is 20.9. The molecule has 3 rings (SSSR count). The first kappa shape index (κ1) is 19.9. The zero-order chi connectivity index (χ0) is 19.8. The summed E-state index contributed by atoms with van der Waals surface area (Å²) in [7, 11) is -3.76. The van der Waals surface area contributed by atoms with Gasteiger partial charge in [-0.2, -0.15) is 4.31 Å². The van der Waals surface area contributed by atoms with E-state index >= 15 is 0 Å². The van der Waals surface area contributed by atoms with E-state index in [0.29, 0.717) is 15.6 Å². The predicted molar refractivity (Wildman–Crippen MR) is 105 cm³/mol. The molecule has 0 saturated heterocycles. The van der Waals surface area contributed by atoms with E-state index in [-0.39, 0.29) is 12.0 Å². The van der Waals surface area contributed by atoms with E-state index < -0.39 is 28.1 Å². The maximum Gasteiger partial charge on any atom is 0.333 e. The lowest BCUT2D eigenvalue weighted by Gasteiger charge is -2.40.